The highest BCUT2D eigenvalue weighted by Gasteiger charge is 2.18. The van der Waals surface area contributed by atoms with Crippen LogP contribution in [0.2, 0.25) is 0 Å². The fourth-order valence-electron chi connectivity index (χ4n) is 2.50. The molecule has 0 spiro atoms. The minimum absolute atomic E-state index is 0.737. The lowest BCUT2D eigenvalue weighted by molar-refractivity contribution is 0.903. The molecule has 4 aromatic rings. The van der Waals surface area contributed by atoms with Gasteiger partial charge in [-0.25, -0.2) is 19.9 Å². The van der Waals surface area contributed by atoms with Crippen molar-refractivity contribution in [1.82, 2.24) is 29.1 Å². The Bertz CT molecular complexity index is 887. The maximum absolute atomic E-state index is 4.78. The first kappa shape index (κ1) is 12.7. The first-order chi connectivity index (χ1) is 10.7. The number of nitrogens with zero attached hydrogens (tertiary/aromatic N) is 6. The summed E-state index contributed by atoms with van der Waals surface area (Å²) in [4.78, 5) is 18.4. The lowest BCUT2D eigenvalue weighted by atomic mass is 10.2. The molecule has 0 atom stereocenters. The molecule has 0 unspecified atom stereocenters. The molecule has 0 aliphatic carbocycles. The maximum Gasteiger partial charge on any atom is 0.160 e. The zero-order valence-corrected chi connectivity index (χ0v) is 12.3. The van der Waals surface area contributed by atoms with Gasteiger partial charge in [0.25, 0.3) is 0 Å². The minimum Gasteiger partial charge on any atom is -0.333 e. The summed E-state index contributed by atoms with van der Waals surface area (Å²) in [6.45, 7) is 0. The molecule has 108 valence electrons. The van der Waals surface area contributed by atoms with Gasteiger partial charge in [-0.05, 0) is 12.1 Å². The van der Waals surface area contributed by atoms with E-state index in [0.717, 1.165) is 34.1 Å². The zero-order valence-electron chi connectivity index (χ0n) is 12.3. The fraction of sp³-hybridized carbons (Fsp3) is 0.125. The summed E-state index contributed by atoms with van der Waals surface area (Å²) >= 11 is 0. The number of hydrogen-bond acceptors (Lipinski definition) is 4. The van der Waals surface area contributed by atoms with Crippen molar-refractivity contribution in [3.63, 3.8) is 0 Å². The summed E-state index contributed by atoms with van der Waals surface area (Å²) in [6, 6.07) is 7.83. The Morgan fingerprint density at radius 2 is 1.18 bits per heavy atom. The smallest absolute Gasteiger partial charge is 0.160 e. The van der Waals surface area contributed by atoms with Crippen molar-refractivity contribution in [3.8, 4) is 23.0 Å². The molecule has 3 heterocycles. The third-order valence-electron chi connectivity index (χ3n) is 3.64. The number of aryl methyl sites for hydroxylation is 2. The Hall–Kier alpha value is -3.02. The van der Waals surface area contributed by atoms with Gasteiger partial charge in [-0.15, -0.1) is 0 Å². The van der Waals surface area contributed by atoms with Gasteiger partial charge in [0.15, 0.2) is 11.6 Å². The molecule has 4 rings (SSSR count). The highest BCUT2D eigenvalue weighted by Crippen LogP contribution is 2.28. The van der Waals surface area contributed by atoms with Gasteiger partial charge in [-0.3, -0.25) is 0 Å². The van der Waals surface area contributed by atoms with Crippen LogP contribution in [0.4, 0.5) is 0 Å². The molecule has 3 aromatic heterocycles. The van der Waals surface area contributed by atoms with Gasteiger partial charge in [-0.1, -0.05) is 12.1 Å². The Labute approximate surface area is 127 Å². The van der Waals surface area contributed by atoms with E-state index in [4.69, 9.17) is 9.97 Å². The van der Waals surface area contributed by atoms with E-state index in [0.29, 0.717) is 0 Å². The Balaban J connectivity index is 2.09. The van der Waals surface area contributed by atoms with Crippen LogP contribution < -0.4 is 0 Å². The number of para-hydroxylation sites is 2. The molecule has 0 aliphatic rings. The summed E-state index contributed by atoms with van der Waals surface area (Å²) in [5.41, 5.74) is 3.16. The third kappa shape index (κ3) is 1.88. The van der Waals surface area contributed by atoms with Gasteiger partial charge in [0.2, 0.25) is 0 Å². The number of imidazole rings is 2. The third-order valence-corrected chi connectivity index (χ3v) is 3.64. The Kier molecular flexibility index (Phi) is 2.75. The second-order valence-corrected chi connectivity index (χ2v) is 5.13. The van der Waals surface area contributed by atoms with Crippen molar-refractivity contribution in [1.29, 1.82) is 0 Å². The van der Waals surface area contributed by atoms with E-state index in [-0.39, 0.29) is 0 Å². The molecule has 1 aromatic carbocycles. The zero-order chi connectivity index (χ0) is 15.1. The van der Waals surface area contributed by atoms with Crippen LogP contribution in [-0.4, -0.2) is 29.1 Å². The molecule has 6 heteroatoms. The van der Waals surface area contributed by atoms with Crippen molar-refractivity contribution in [2.45, 2.75) is 0 Å². The molecule has 0 saturated heterocycles. The number of rotatable bonds is 2. The maximum atomic E-state index is 4.78. The first-order valence-corrected chi connectivity index (χ1v) is 6.96. The second kappa shape index (κ2) is 4.77. The van der Waals surface area contributed by atoms with Crippen LogP contribution >= 0.6 is 0 Å². The fourth-order valence-corrected chi connectivity index (χ4v) is 2.50. The Morgan fingerprint density at radius 3 is 1.55 bits per heavy atom. The van der Waals surface area contributed by atoms with Crippen molar-refractivity contribution in [2.75, 3.05) is 0 Å². The molecule has 0 amide bonds. The highest BCUT2D eigenvalue weighted by atomic mass is 15.1. The molecule has 0 fully saturated rings. The van der Waals surface area contributed by atoms with E-state index in [2.05, 4.69) is 9.97 Å². The summed E-state index contributed by atoms with van der Waals surface area (Å²) in [6.07, 6.45) is 7.31. The second-order valence-electron chi connectivity index (χ2n) is 5.13. The average molecular weight is 290 g/mol. The van der Waals surface area contributed by atoms with E-state index in [9.17, 15) is 0 Å². The molecule has 0 N–H and O–H groups in total. The van der Waals surface area contributed by atoms with Gasteiger partial charge < -0.3 is 9.13 Å². The predicted molar refractivity (Wildman–Crippen MR) is 83.9 cm³/mol. The van der Waals surface area contributed by atoms with Crippen LogP contribution in [0.15, 0.2) is 49.1 Å². The number of fused-ring (bicyclic) bond motifs is 1. The van der Waals surface area contributed by atoms with Crippen LogP contribution in [0.3, 0.4) is 0 Å². The summed E-state index contributed by atoms with van der Waals surface area (Å²) in [5, 5.41) is 0. The normalized spacial score (nSPS) is 11.2. The van der Waals surface area contributed by atoms with Gasteiger partial charge >= 0.3 is 0 Å². The van der Waals surface area contributed by atoms with Crippen LogP contribution in [-0.2, 0) is 14.1 Å². The topological polar surface area (TPSA) is 61.4 Å². The van der Waals surface area contributed by atoms with Crippen molar-refractivity contribution in [2.24, 2.45) is 14.1 Å². The van der Waals surface area contributed by atoms with Gasteiger partial charge in [0, 0.05) is 38.9 Å². The lowest BCUT2D eigenvalue weighted by Crippen LogP contribution is -2.03. The van der Waals surface area contributed by atoms with E-state index in [1.165, 1.54) is 0 Å². The summed E-state index contributed by atoms with van der Waals surface area (Å²) in [5.74, 6) is 1.55. The molecule has 0 aliphatic heterocycles. The monoisotopic (exact) mass is 290 g/mol. The van der Waals surface area contributed by atoms with Gasteiger partial charge in [-0.2, -0.15) is 0 Å². The molecular weight excluding hydrogens is 276 g/mol. The van der Waals surface area contributed by atoms with E-state index in [1.807, 2.05) is 59.9 Å². The van der Waals surface area contributed by atoms with Crippen LogP contribution in [0, 0.1) is 0 Å². The quantitative estimate of drug-likeness (QED) is 0.569. The standard InChI is InChI=1S/C16H14N6/c1-21-9-7-17-15(21)13-14(16-18-8-10-22(16)2)20-12-6-4-3-5-11(12)19-13/h3-10H,1-2H3. The number of benzene rings is 1. The first-order valence-electron chi connectivity index (χ1n) is 6.96. The molecule has 6 nitrogen and oxygen atoms in total. The van der Waals surface area contributed by atoms with Gasteiger partial charge in [0.05, 0.1) is 11.0 Å². The summed E-state index contributed by atoms with van der Waals surface area (Å²) in [7, 11) is 3.89. The van der Waals surface area contributed by atoms with Crippen LogP contribution in [0.1, 0.15) is 0 Å². The van der Waals surface area contributed by atoms with E-state index < -0.39 is 0 Å². The van der Waals surface area contributed by atoms with Crippen LogP contribution in [0.25, 0.3) is 34.1 Å². The average Bonchev–Trinajstić information content (AvgIpc) is 3.14. The SMILES string of the molecule is Cn1ccnc1-c1nc2ccccc2nc1-c1nccn1C. The molecule has 0 saturated carbocycles. The largest absolute Gasteiger partial charge is 0.333 e. The lowest BCUT2D eigenvalue weighted by Gasteiger charge is -2.09. The summed E-state index contributed by atoms with van der Waals surface area (Å²) < 4.78 is 3.87. The van der Waals surface area contributed by atoms with Gasteiger partial charge in [0.1, 0.15) is 11.4 Å². The number of aromatic nitrogens is 6. The van der Waals surface area contributed by atoms with Crippen LogP contribution in [0.5, 0.6) is 0 Å². The number of hydrogen-bond donors (Lipinski definition) is 0. The van der Waals surface area contributed by atoms with E-state index in [1.54, 1.807) is 12.4 Å². The molecular formula is C16H14N6. The van der Waals surface area contributed by atoms with Crippen molar-refractivity contribution < 1.29 is 0 Å². The van der Waals surface area contributed by atoms with E-state index >= 15 is 0 Å². The van der Waals surface area contributed by atoms with Crippen molar-refractivity contribution >= 4 is 11.0 Å². The highest BCUT2D eigenvalue weighted by molar-refractivity contribution is 5.83. The Morgan fingerprint density at radius 1 is 0.727 bits per heavy atom. The minimum atomic E-state index is 0.737. The molecule has 0 radical (unpaired) electrons. The molecule has 0 bridgehead atoms. The predicted octanol–water partition coefficient (Wildman–Crippen LogP) is 2.43. The van der Waals surface area contributed by atoms with Crippen molar-refractivity contribution in [3.05, 3.63) is 49.1 Å². The molecule has 22 heavy (non-hydrogen) atoms.